The maximum Gasteiger partial charge on any atom is 0.223 e. The number of benzene rings is 1. The van der Waals surface area contributed by atoms with Crippen molar-refractivity contribution in [3.8, 4) is 5.75 Å². The molecule has 1 amide bonds. The molecule has 0 radical (unpaired) electrons. The highest BCUT2D eigenvalue weighted by Crippen LogP contribution is 2.61. The third-order valence-electron chi connectivity index (χ3n) is 7.51. The molecule has 5 aliphatic rings. The van der Waals surface area contributed by atoms with E-state index in [2.05, 4.69) is 17.0 Å². The van der Waals surface area contributed by atoms with Gasteiger partial charge in [-0.15, -0.1) is 0 Å². The van der Waals surface area contributed by atoms with Gasteiger partial charge < -0.3 is 9.64 Å². The molecule has 0 unspecified atom stereocenters. The first-order valence-electron chi connectivity index (χ1n) is 10.5. The molecule has 0 N–H and O–H groups in total. The fraction of sp³-hybridized carbons (Fsp3) is 0.696. The quantitative estimate of drug-likeness (QED) is 0.736. The zero-order valence-corrected chi connectivity index (χ0v) is 16.0. The summed E-state index contributed by atoms with van der Waals surface area (Å²) in [4.78, 5) is 15.5. The van der Waals surface area contributed by atoms with Crippen LogP contribution in [0.2, 0.25) is 0 Å². The van der Waals surface area contributed by atoms with E-state index in [-0.39, 0.29) is 0 Å². The summed E-state index contributed by atoms with van der Waals surface area (Å²) < 4.78 is 5.26. The SMILES string of the molecule is COc1ccc(CN(C(=O)CC23CC4CC(CC(C4)C2)C3)C2CC2)cc1. The maximum atomic E-state index is 13.3. The third kappa shape index (κ3) is 3.14. The van der Waals surface area contributed by atoms with Gasteiger partial charge in [0.2, 0.25) is 5.91 Å². The smallest absolute Gasteiger partial charge is 0.223 e. The van der Waals surface area contributed by atoms with Crippen LogP contribution in [0.5, 0.6) is 5.75 Å². The lowest BCUT2D eigenvalue weighted by Crippen LogP contribution is -2.48. The van der Waals surface area contributed by atoms with Crippen LogP contribution in [-0.4, -0.2) is 24.0 Å². The molecule has 1 aromatic carbocycles. The summed E-state index contributed by atoms with van der Waals surface area (Å²) in [6.07, 6.45) is 11.5. The number of carbonyl (C=O) groups is 1. The molecule has 140 valence electrons. The normalized spacial score (nSPS) is 34.7. The summed E-state index contributed by atoms with van der Waals surface area (Å²) in [6.45, 7) is 0.764. The van der Waals surface area contributed by atoms with Crippen molar-refractivity contribution >= 4 is 5.91 Å². The summed E-state index contributed by atoms with van der Waals surface area (Å²) in [5.74, 6) is 4.07. The molecule has 5 fully saturated rings. The number of methoxy groups -OCH3 is 1. The second-order valence-electron chi connectivity index (χ2n) is 9.70. The van der Waals surface area contributed by atoms with Crippen LogP contribution in [0.1, 0.15) is 63.4 Å². The molecule has 4 bridgehead atoms. The number of amides is 1. The van der Waals surface area contributed by atoms with Gasteiger partial charge in [-0.3, -0.25) is 4.79 Å². The lowest BCUT2D eigenvalue weighted by molar-refractivity contribution is -0.140. The lowest BCUT2D eigenvalue weighted by atomic mass is 9.49. The van der Waals surface area contributed by atoms with Crippen molar-refractivity contribution in [2.45, 2.75) is 70.4 Å². The Balaban J connectivity index is 1.29. The number of hydrogen-bond donors (Lipinski definition) is 0. The average Bonchev–Trinajstić information content (AvgIpc) is 3.43. The van der Waals surface area contributed by atoms with E-state index in [1.807, 2.05) is 12.1 Å². The molecule has 0 heterocycles. The Morgan fingerprint density at radius 3 is 2.12 bits per heavy atom. The van der Waals surface area contributed by atoms with Gasteiger partial charge in [-0.25, -0.2) is 0 Å². The number of hydrogen-bond acceptors (Lipinski definition) is 2. The van der Waals surface area contributed by atoms with Crippen LogP contribution in [0.15, 0.2) is 24.3 Å². The molecular formula is C23H31NO2. The van der Waals surface area contributed by atoms with Crippen LogP contribution >= 0.6 is 0 Å². The monoisotopic (exact) mass is 353 g/mol. The van der Waals surface area contributed by atoms with E-state index < -0.39 is 0 Å². The molecule has 5 aliphatic carbocycles. The van der Waals surface area contributed by atoms with Crippen LogP contribution in [0, 0.1) is 23.2 Å². The largest absolute Gasteiger partial charge is 0.497 e. The summed E-state index contributed by atoms with van der Waals surface area (Å²) in [7, 11) is 1.69. The number of nitrogens with zero attached hydrogens (tertiary/aromatic N) is 1. The summed E-state index contributed by atoms with van der Waals surface area (Å²) in [5, 5.41) is 0. The van der Waals surface area contributed by atoms with Gasteiger partial charge in [-0.05, 0) is 92.2 Å². The molecule has 0 spiro atoms. The van der Waals surface area contributed by atoms with E-state index in [0.717, 1.165) is 36.5 Å². The molecule has 0 atom stereocenters. The van der Waals surface area contributed by atoms with Gasteiger partial charge in [0.05, 0.1) is 7.11 Å². The van der Waals surface area contributed by atoms with E-state index in [4.69, 9.17) is 4.74 Å². The van der Waals surface area contributed by atoms with Crippen molar-refractivity contribution in [1.29, 1.82) is 0 Å². The predicted molar refractivity (Wildman–Crippen MR) is 102 cm³/mol. The fourth-order valence-corrected chi connectivity index (χ4v) is 6.66. The van der Waals surface area contributed by atoms with E-state index >= 15 is 0 Å². The minimum absolute atomic E-state index is 0.346. The highest BCUT2D eigenvalue weighted by atomic mass is 16.5. The van der Waals surface area contributed by atoms with Crippen LogP contribution in [-0.2, 0) is 11.3 Å². The van der Waals surface area contributed by atoms with Gasteiger partial charge in [0.25, 0.3) is 0 Å². The molecular weight excluding hydrogens is 322 g/mol. The standard InChI is InChI=1S/C23H31NO2/c1-26-21-6-2-16(3-7-21)15-24(20-4-5-20)22(25)14-23-11-17-8-18(12-23)10-19(9-17)13-23/h2-3,6-7,17-20H,4-5,8-15H2,1H3. The molecule has 6 rings (SSSR count). The first-order valence-corrected chi connectivity index (χ1v) is 10.5. The number of rotatable bonds is 6. The zero-order chi connectivity index (χ0) is 17.7. The summed E-state index contributed by atoms with van der Waals surface area (Å²) >= 11 is 0. The van der Waals surface area contributed by atoms with Crippen molar-refractivity contribution in [3.05, 3.63) is 29.8 Å². The Kier molecular flexibility index (Phi) is 4.02. The predicted octanol–water partition coefficient (Wildman–Crippen LogP) is 4.79. The first kappa shape index (κ1) is 16.6. The van der Waals surface area contributed by atoms with E-state index in [1.165, 1.54) is 56.9 Å². The van der Waals surface area contributed by atoms with Crippen molar-refractivity contribution < 1.29 is 9.53 Å². The molecule has 3 heteroatoms. The maximum absolute atomic E-state index is 13.3. The molecule has 0 aliphatic heterocycles. The number of carbonyl (C=O) groups excluding carboxylic acids is 1. The van der Waals surface area contributed by atoms with Crippen LogP contribution in [0.3, 0.4) is 0 Å². The topological polar surface area (TPSA) is 29.5 Å². The van der Waals surface area contributed by atoms with Crippen molar-refractivity contribution in [2.24, 2.45) is 23.2 Å². The Hall–Kier alpha value is -1.51. The Morgan fingerprint density at radius 1 is 1.04 bits per heavy atom. The Bertz CT molecular complexity index is 641. The second kappa shape index (κ2) is 6.28. The Morgan fingerprint density at radius 2 is 1.62 bits per heavy atom. The van der Waals surface area contributed by atoms with Crippen molar-refractivity contribution in [2.75, 3.05) is 7.11 Å². The molecule has 0 saturated heterocycles. The van der Waals surface area contributed by atoms with Crippen molar-refractivity contribution in [3.63, 3.8) is 0 Å². The van der Waals surface area contributed by atoms with Gasteiger partial charge in [0.1, 0.15) is 5.75 Å². The zero-order valence-electron chi connectivity index (χ0n) is 16.0. The van der Waals surface area contributed by atoms with E-state index in [1.54, 1.807) is 7.11 Å². The van der Waals surface area contributed by atoms with Gasteiger partial charge in [0.15, 0.2) is 0 Å². The Labute approximate surface area is 157 Å². The van der Waals surface area contributed by atoms with Gasteiger partial charge in [-0.2, -0.15) is 0 Å². The molecule has 3 nitrogen and oxygen atoms in total. The second-order valence-corrected chi connectivity index (χ2v) is 9.70. The van der Waals surface area contributed by atoms with E-state index in [0.29, 0.717) is 17.4 Å². The summed E-state index contributed by atoms with van der Waals surface area (Å²) in [6, 6.07) is 8.70. The highest BCUT2D eigenvalue weighted by molar-refractivity contribution is 5.77. The molecule has 26 heavy (non-hydrogen) atoms. The first-order chi connectivity index (χ1) is 12.6. The molecule has 0 aromatic heterocycles. The van der Waals surface area contributed by atoms with Gasteiger partial charge >= 0.3 is 0 Å². The van der Waals surface area contributed by atoms with Crippen molar-refractivity contribution in [1.82, 2.24) is 4.90 Å². The van der Waals surface area contributed by atoms with Crippen LogP contribution in [0.25, 0.3) is 0 Å². The lowest BCUT2D eigenvalue weighted by Gasteiger charge is -2.57. The minimum atomic E-state index is 0.346. The minimum Gasteiger partial charge on any atom is -0.497 e. The molecule has 1 aromatic rings. The van der Waals surface area contributed by atoms with Crippen LogP contribution in [0.4, 0.5) is 0 Å². The fourth-order valence-electron chi connectivity index (χ4n) is 6.66. The summed E-state index contributed by atoms with van der Waals surface area (Å²) in [5.41, 5.74) is 1.57. The van der Waals surface area contributed by atoms with Gasteiger partial charge in [0, 0.05) is 19.0 Å². The van der Waals surface area contributed by atoms with Gasteiger partial charge in [-0.1, -0.05) is 12.1 Å². The molecule has 5 saturated carbocycles. The third-order valence-corrected chi connectivity index (χ3v) is 7.51. The van der Waals surface area contributed by atoms with Crippen LogP contribution < -0.4 is 4.74 Å². The average molecular weight is 354 g/mol. The number of ether oxygens (including phenoxy) is 1. The highest BCUT2D eigenvalue weighted by Gasteiger charge is 2.52. The van der Waals surface area contributed by atoms with E-state index in [9.17, 15) is 4.79 Å².